The number of ether oxygens (including phenoxy) is 1. The van der Waals surface area contributed by atoms with Crippen molar-refractivity contribution in [2.75, 3.05) is 0 Å². The summed E-state index contributed by atoms with van der Waals surface area (Å²) in [6, 6.07) is 5.85. The molecule has 2 aromatic rings. The van der Waals surface area contributed by atoms with Crippen molar-refractivity contribution < 1.29 is 4.74 Å². The molecule has 0 N–H and O–H groups in total. The van der Waals surface area contributed by atoms with E-state index in [1.165, 1.54) is 210 Å². The van der Waals surface area contributed by atoms with Gasteiger partial charge in [-0.25, -0.2) is 0 Å². The summed E-state index contributed by atoms with van der Waals surface area (Å²) in [5.41, 5.74) is 17.4. The van der Waals surface area contributed by atoms with Crippen molar-refractivity contribution in [2.45, 2.75) is 308 Å². The number of hydrogen-bond acceptors (Lipinski definition) is 1. The second kappa shape index (κ2) is 16.7. The first kappa shape index (κ1) is 50.4. The van der Waals surface area contributed by atoms with E-state index in [0.29, 0.717) is 21.7 Å². The molecule has 2 aromatic carbocycles. The summed E-state index contributed by atoms with van der Waals surface area (Å²) in [7, 11) is 0. The fraction of sp³-hybridized carbons (Fsp3) is 0.833. The fourth-order valence-corrected chi connectivity index (χ4v) is 36.3. The average Bonchev–Trinajstić information content (AvgIpc) is 0.856. The van der Waals surface area contributed by atoms with Gasteiger partial charge in [0.2, 0.25) is 0 Å². The van der Waals surface area contributed by atoms with E-state index in [9.17, 15) is 4.74 Å². The van der Waals surface area contributed by atoms with Gasteiger partial charge in [-0.05, 0) is 455 Å². The molecule has 450 valence electrons. The molecule has 0 aliphatic heterocycles. The average molecular weight is 1130 g/mol. The van der Waals surface area contributed by atoms with E-state index >= 15 is 0 Å². The zero-order chi connectivity index (χ0) is 54.9. The zero-order valence-corrected chi connectivity index (χ0v) is 53.0. The molecule has 0 unspecified atom stereocenters. The number of terminal acetylenes is 1. The third-order valence-corrected chi connectivity index (χ3v) is 35.0. The maximum absolute atomic E-state index is 9.36. The van der Waals surface area contributed by atoms with Crippen molar-refractivity contribution in [1.29, 1.82) is 0 Å². The lowest BCUT2D eigenvalue weighted by molar-refractivity contribution is -0.0295. The summed E-state index contributed by atoms with van der Waals surface area (Å²) in [6.45, 7) is 0. The Kier molecular flexibility index (Phi) is 9.91. The fourth-order valence-electron chi connectivity index (χ4n) is 36.3. The molecular weight excluding hydrogens is 1020 g/mol. The molecule has 0 atom stereocenters. The maximum atomic E-state index is 9.36. The van der Waals surface area contributed by atoms with Crippen molar-refractivity contribution >= 4 is 0 Å². The molecule has 0 amide bonds. The Morgan fingerprint density at radius 1 is 0.247 bits per heavy atom. The number of rotatable bonds is 9. The highest BCUT2D eigenvalue weighted by Crippen LogP contribution is 2.76. The van der Waals surface area contributed by atoms with E-state index in [2.05, 4.69) is 34.7 Å². The highest BCUT2D eigenvalue weighted by Gasteiger charge is 2.67. The minimum Gasteiger partial charge on any atom is -0.455 e. The Morgan fingerprint density at radius 3 is 0.729 bits per heavy atom. The minimum absolute atomic E-state index is 0.203. The molecule has 0 spiro atoms. The highest BCUT2D eigenvalue weighted by molar-refractivity contribution is 5.72. The van der Waals surface area contributed by atoms with Gasteiger partial charge in [0.15, 0.2) is 0 Å². The topological polar surface area (TPSA) is 9.23 Å². The lowest BCUT2D eigenvalue weighted by Gasteiger charge is -2.65. The summed E-state index contributed by atoms with van der Waals surface area (Å²) in [5, 5.41) is 0. The van der Waals surface area contributed by atoms with Gasteiger partial charge in [0.05, 0.1) is 5.56 Å². The Labute approximate surface area is 514 Å². The molecule has 1 nitrogen and oxygen atoms in total. The van der Waals surface area contributed by atoms with Crippen molar-refractivity contribution in [3.05, 3.63) is 56.6 Å². The third kappa shape index (κ3) is 6.85. The molecule has 28 aliphatic carbocycles. The van der Waals surface area contributed by atoms with Gasteiger partial charge in [0.1, 0.15) is 11.5 Å². The highest BCUT2D eigenvalue weighted by atomic mass is 16.5. The van der Waals surface area contributed by atoms with Crippen molar-refractivity contribution in [3.63, 3.8) is 0 Å². The molecule has 28 saturated carbocycles. The summed E-state index contributed by atoms with van der Waals surface area (Å²) < 4.78 is 9.36. The van der Waals surface area contributed by atoms with Crippen LogP contribution in [0.4, 0.5) is 0 Å². The van der Waals surface area contributed by atoms with Crippen LogP contribution in [0.5, 0.6) is 11.5 Å². The summed E-state index contributed by atoms with van der Waals surface area (Å²) in [4.78, 5) is 0. The Balaban J connectivity index is 0.850. The molecular formula is C84H108O. The predicted octanol–water partition coefficient (Wildman–Crippen LogP) is 20.7. The van der Waals surface area contributed by atoms with Gasteiger partial charge >= 0.3 is 0 Å². The first-order valence-corrected chi connectivity index (χ1v) is 39.0. The summed E-state index contributed by atoms with van der Waals surface area (Å²) >= 11 is 0. The van der Waals surface area contributed by atoms with Crippen molar-refractivity contribution in [3.8, 4) is 23.8 Å². The van der Waals surface area contributed by atoms with Crippen LogP contribution >= 0.6 is 0 Å². The normalized spacial score (nSPS) is 56.8. The first-order valence-electron chi connectivity index (χ1n) is 39.0. The van der Waals surface area contributed by atoms with E-state index in [4.69, 9.17) is 6.42 Å². The monoisotopic (exact) mass is 1130 g/mol. The molecule has 0 saturated heterocycles. The molecule has 0 radical (unpaired) electrons. The molecule has 1 heteroatoms. The summed E-state index contributed by atoms with van der Waals surface area (Å²) in [5.74, 6) is 26.5. The van der Waals surface area contributed by atoms with Crippen LogP contribution in [0.15, 0.2) is 12.1 Å². The van der Waals surface area contributed by atoms with Gasteiger partial charge in [0, 0.05) is 22.0 Å². The first-order chi connectivity index (χ1) is 41.4. The van der Waals surface area contributed by atoms with Crippen LogP contribution in [0.3, 0.4) is 0 Å². The van der Waals surface area contributed by atoms with Crippen LogP contribution in [-0.4, -0.2) is 0 Å². The Hall–Kier alpha value is -2.20. The minimum atomic E-state index is 0.203. The Morgan fingerprint density at radius 2 is 0.459 bits per heavy atom. The van der Waals surface area contributed by atoms with Crippen LogP contribution in [0.25, 0.3) is 0 Å². The SMILES string of the molecule is C#Cc1c(Oc2ccc(C34CC5CC(CC(C5)C3)C4)c(C34CC5CC(CC(C5)C3)C4)c2C23CC4CC(CC(C4)C2)C3)c(C23CC4CC(CC(C4)C2)C3)c(C23CC4CC(CC(C4)C2)C3)c(C23CC4CC(CC(C4)C2)C3)c1C12CC3CC(CC(C3)C1)C2. The van der Waals surface area contributed by atoms with E-state index in [1.54, 1.807) is 77.0 Å². The number of hydrogen-bond donors (Lipinski definition) is 0. The molecule has 85 heavy (non-hydrogen) atoms. The van der Waals surface area contributed by atoms with E-state index in [0.717, 1.165) is 124 Å². The second-order valence-electron chi connectivity index (χ2n) is 40.7. The van der Waals surface area contributed by atoms with Crippen molar-refractivity contribution in [1.82, 2.24) is 0 Å². The lowest BCUT2D eigenvalue weighted by atomic mass is 9.39. The number of benzene rings is 2. The van der Waals surface area contributed by atoms with Gasteiger partial charge in [-0.15, -0.1) is 6.42 Å². The lowest BCUT2D eigenvalue weighted by Crippen LogP contribution is -2.57. The van der Waals surface area contributed by atoms with E-state index < -0.39 is 0 Å². The van der Waals surface area contributed by atoms with Gasteiger partial charge < -0.3 is 4.74 Å². The van der Waals surface area contributed by atoms with Gasteiger partial charge in [0.25, 0.3) is 0 Å². The molecule has 0 aromatic heterocycles. The van der Waals surface area contributed by atoms with Gasteiger partial charge in [-0.2, -0.15) is 0 Å². The molecule has 0 heterocycles. The Bertz CT molecular complexity index is 3020. The zero-order valence-electron chi connectivity index (χ0n) is 53.0. The molecule has 28 bridgehead atoms. The van der Waals surface area contributed by atoms with E-state index in [-0.39, 0.29) is 16.2 Å². The molecule has 30 rings (SSSR count). The second-order valence-corrected chi connectivity index (χ2v) is 40.7. The summed E-state index contributed by atoms with van der Waals surface area (Å²) in [6.07, 6.45) is 71.3. The quantitative estimate of drug-likeness (QED) is 0.227. The van der Waals surface area contributed by atoms with Gasteiger partial charge in [-0.3, -0.25) is 0 Å². The maximum Gasteiger partial charge on any atom is 0.147 e. The third-order valence-electron chi connectivity index (χ3n) is 35.0. The molecule has 28 aliphatic rings. The largest absolute Gasteiger partial charge is 0.455 e. The van der Waals surface area contributed by atoms with Crippen LogP contribution in [0.1, 0.15) is 314 Å². The predicted molar refractivity (Wildman–Crippen MR) is 340 cm³/mol. The van der Waals surface area contributed by atoms with Crippen molar-refractivity contribution in [2.24, 2.45) is 124 Å². The standard InChI is InChI=1S/C84H108O/c1-2-68-71(79-29-50-8-51(30-79)10-52(9-50)31-79)74(82-38-59-17-60(39-82)19-61(18-59)40-82)75(83-41-62-20-63(42-83)22-64(21-62)43-83)76(84-44-65-23-66(45-84)25-67(24-65)46-84)77(68)85-70-4-3-69(78-26-47-5-48(27-78)7-49(6-47)28-78)72(80-32-53-11-54(33-80)13-55(12-53)34-80)73(70)81-35-56-14-57(36-81)16-58(15-56)37-81/h1,3-4,47-67H,5-46H2. The smallest absolute Gasteiger partial charge is 0.147 e. The van der Waals surface area contributed by atoms with Crippen LogP contribution < -0.4 is 4.74 Å². The van der Waals surface area contributed by atoms with Crippen LogP contribution in [0.2, 0.25) is 0 Å². The van der Waals surface area contributed by atoms with Gasteiger partial charge in [-0.1, -0.05) is 12.0 Å². The molecule has 28 fully saturated rings. The van der Waals surface area contributed by atoms with Crippen LogP contribution in [-0.2, 0) is 37.9 Å². The van der Waals surface area contributed by atoms with E-state index in [1.807, 2.05) is 22.3 Å². The van der Waals surface area contributed by atoms with Crippen LogP contribution in [0, 0.1) is 137 Å².